The number of hydrogen-bond donors (Lipinski definition) is 1. The van der Waals surface area contributed by atoms with Crippen molar-refractivity contribution in [3.8, 4) is 17.3 Å². The Morgan fingerprint density at radius 1 is 1.29 bits per heavy atom. The van der Waals surface area contributed by atoms with E-state index in [1.54, 1.807) is 11.3 Å². The Kier molecular flexibility index (Phi) is 5.54. The summed E-state index contributed by atoms with van der Waals surface area (Å²) in [5.41, 5.74) is 1.36. The van der Waals surface area contributed by atoms with Gasteiger partial charge in [-0.1, -0.05) is 61.4 Å². The topological polar surface area (TPSA) is 65.8 Å². The zero-order valence-corrected chi connectivity index (χ0v) is 15.0. The lowest BCUT2D eigenvalue weighted by Crippen LogP contribution is -2.49. The number of aromatic nitrogens is 1. The van der Waals surface area contributed by atoms with Crippen molar-refractivity contribution in [1.82, 2.24) is 10.3 Å². The van der Waals surface area contributed by atoms with Gasteiger partial charge < -0.3 is 5.32 Å². The molecule has 1 heterocycles. The van der Waals surface area contributed by atoms with E-state index in [4.69, 9.17) is 0 Å². The monoisotopic (exact) mass is 357 g/mol. The van der Waals surface area contributed by atoms with Crippen molar-refractivity contribution in [2.45, 2.75) is 42.0 Å². The van der Waals surface area contributed by atoms with E-state index in [1.165, 1.54) is 11.8 Å². The molecule has 1 saturated carbocycles. The normalized spacial score (nSPS) is 16.3. The summed E-state index contributed by atoms with van der Waals surface area (Å²) in [4.78, 5) is 16.8. The predicted molar refractivity (Wildman–Crippen MR) is 97.8 cm³/mol. The fourth-order valence-electron chi connectivity index (χ4n) is 2.92. The van der Waals surface area contributed by atoms with Gasteiger partial charge in [0.2, 0.25) is 5.91 Å². The van der Waals surface area contributed by atoms with E-state index in [2.05, 4.69) is 16.4 Å². The first kappa shape index (κ1) is 17.0. The number of nitriles is 1. The summed E-state index contributed by atoms with van der Waals surface area (Å²) in [6.45, 7) is 0. The lowest BCUT2D eigenvalue weighted by atomic mass is 9.83. The third-order valence-corrected chi connectivity index (χ3v) is 6.20. The zero-order valence-electron chi connectivity index (χ0n) is 13.3. The average molecular weight is 358 g/mol. The smallest absolute Gasteiger partial charge is 0.231 e. The molecule has 2 aromatic rings. The van der Waals surface area contributed by atoms with Gasteiger partial charge in [0.05, 0.1) is 17.5 Å². The molecule has 24 heavy (non-hydrogen) atoms. The van der Waals surface area contributed by atoms with Crippen molar-refractivity contribution in [1.29, 1.82) is 5.26 Å². The molecule has 1 aromatic carbocycles. The van der Waals surface area contributed by atoms with Crippen LogP contribution in [0.3, 0.4) is 0 Å². The molecule has 0 spiro atoms. The molecular formula is C18H19N3OS2. The Morgan fingerprint density at radius 2 is 2.04 bits per heavy atom. The number of carbonyl (C=O) groups excluding carboxylic acids is 1. The van der Waals surface area contributed by atoms with Crippen LogP contribution in [0.1, 0.15) is 32.1 Å². The van der Waals surface area contributed by atoms with Crippen molar-refractivity contribution in [2.75, 3.05) is 5.75 Å². The van der Waals surface area contributed by atoms with Gasteiger partial charge in [0, 0.05) is 10.9 Å². The Morgan fingerprint density at radius 3 is 2.75 bits per heavy atom. The van der Waals surface area contributed by atoms with Crippen LogP contribution in [0, 0.1) is 11.3 Å². The number of nitrogens with one attached hydrogen (secondary N) is 1. The molecule has 1 amide bonds. The predicted octanol–water partition coefficient (Wildman–Crippen LogP) is 4.24. The maximum Gasteiger partial charge on any atom is 0.231 e. The van der Waals surface area contributed by atoms with Crippen molar-refractivity contribution < 1.29 is 4.79 Å². The maximum atomic E-state index is 12.2. The maximum absolute atomic E-state index is 12.2. The van der Waals surface area contributed by atoms with Crippen LogP contribution in [0.2, 0.25) is 0 Å². The molecule has 124 valence electrons. The molecule has 0 saturated heterocycles. The summed E-state index contributed by atoms with van der Waals surface area (Å²) >= 11 is 2.97. The molecule has 6 heteroatoms. The first-order chi connectivity index (χ1) is 11.7. The number of benzene rings is 1. The molecular weight excluding hydrogens is 338 g/mol. The van der Waals surface area contributed by atoms with Gasteiger partial charge in [-0.3, -0.25) is 4.79 Å². The minimum absolute atomic E-state index is 0.0834. The van der Waals surface area contributed by atoms with Crippen LogP contribution in [0.4, 0.5) is 0 Å². The minimum atomic E-state index is -0.659. The van der Waals surface area contributed by atoms with E-state index in [9.17, 15) is 10.1 Å². The van der Waals surface area contributed by atoms with Crippen molar-refractivity contribution in [3.05, 3.63) is 35.7 Å². The highest BCUT2D eigenvalue weighted by Gasteiger charge is 2.33. The van der Waals surface area contributed by atoms with Crippen LogP contribution in [-0.4, -0.2) is 22.2 Å². The molecule has 1 aliphatic rings. The van der Waals surface area contributed by atoms with E-state index >= 15 is 0 Å². The minimum Gasteiger partial charge on any atom is -0.337 e. The Balaban J connectivity index is 1.55. The summed E-state index contributed by atoms with van der Waals surface area (Å²) in [7, 11) is 0. The summed E-state index contributed by atoms with van der Waals surface area (Å²) in [6, 6.07) is 12.3. The summed E-state index contributed by atoms with van der Waals surface area (Å²) < 4.78 is 0.874. The number of nitrogens with zero attached hydrogens (tertiary/aromatic N) is 2. The number of amides is 1. The van der Waals surface area contributed by atoms with Crippen LogP contribution in [0.5, 0.6) is 0 Å². The van der Waals surface area contributed by atoms with Crippen LogP contribution >= 0.6 is 23.1 Å². The van der Waals surface area contributed by atoms with Gasteiger partial charge in [0.1, 0.15) is 5.54 Å². The van der Waals surface area contributed by atoms with Crippen molar-refractivity contribution in [2.24, 2.45) is 0 Å². The highest BCUT2D eigenvalue weighted by atomic mass is 32.2. The first-order valence-electron chi connectivity index (χ1n) is 8.07. The molecule has 4 nitrogen and oxygen atoms in total. The van der Waals surface area contributed by atoms with E-state index in [-0.39, 0.29) is 5.91 Å². The Labute approximate surface area is 150 Å². The second kappa shape index (κ2) is 7.82. The highest BCUT2D eigenvalue weighted by Crippen LogP contribution is 2.30. The molecule has 0 unspecified atom stereocenters. The van der Waals surface area contributed by atoms with Crippen LogP contribution < -0.4 is 5.32 Å². The van der Waals surface area contributed by atoms with Crippen molar-refractivity contribution >= 4 is 29.0 Å². The second-order valence-corrected chi connectivity index (χ2v) is 8.04. The van der Waals surface area contributed by atoms with Crippen LogP contribution in [0.25, 0.3) is 11.3 Å². The number of rotatable bonds is 5. The fraction of sp³-hybridized carbons (Fsp3) is 0.389. The molecule has 0 radical (unpaired) electrons. The zero-order chi connectivity index (χ0) is 16.8. The van der Waals surface area contributed by atoms with Crippen molar-refractivity contribution in [3.63, 3.8) is 0 Å². The van der Waals surface area contributed by atoms with Gasteiger partial charge in [-0.05, 0) is 12.8 Å². The third kappa shape index (κ3) is 4.16. The lowest BCUT2D eigenvalue weighted by Gasteiger charge is -2.31. The van der Waals surface area contributed by atoms with Gasteiger partial charge in [-0.2, -0.15) is 5.26 Å². The third-order valence-electron chi connectivity index (χ3n) is 4.18. The van der Waals surface area contributed by atoms with Gasteiger partial charge in [0.25, 0.3) is 0 Å². The summed E-state index contributed by atoms with van der Waals surface area (Å²) in [5, 5.41) is 14.4. The SMILES string of the molecule is N#CC1(NC(=O)CSc2nc(-c3ccccc3)cs2)CCCCC1. The molecule has 3 rings (SSSR count). The van der Waals surface area contributed by atoms with Crippen LogP contribution in [0.15, 0.2) is 40.1 Å². The number of thioether (sulfide) groups is 1. The van der Waals surface area contributed by atoms with E-state index < -0.39 is 5.54 Å². The van der Waals surface area contributed by atoms with Gasteiger partial charge in [-0.25, -0.2) is 4.98 Å². The molecule has 1 fully saturated rings. The first-order valence-corrected chi connectivity index (χ1v) is 9.93. The fourth-order valence-corrected chi connectivity index (χ4v) is 4.55. The molecule has 1 aromatic heterocycles. The molecule has 0 aliphatic heterocycles. The number of hydrogen-bond acceptors (Lipinski definition) is 5. The Hall–Kier alpha value is -1.84. The average Bonchev–Trinajstić information content (AvgIpc) is 3.11. The van der Waals surface area contributed by atoms with E-state index in [0.29, 0.717) is 5.75 Å². The molecule has 1 N–H and O–H groups in total. The highest BCUT2D eigenvalue weighted by molar-refractivity contribution is 8.01. The second-order valence-electron chi connectivity index (χ2n) is 5.96. The van der Waals surface area contributed by atoms with Gasteiger partial charge >= 0.3 is 0 Å². The molecule has 0 atom stereocenters. The lowest BCUT2D eigenvalue weighted by molar-refractivity contribution is -0.120. The van der Waals surface area contributed by atoms with Gasteiger partial charge in [-0.15, -0.1) is 11.3 Å². The van der Waals surface area contributed by atoms with Gasteiger partial charge in [0.15, 0.2) is 4.34 Å². The largest absolute Gasteiger partial charge is 0.337 e. The summed E-state index contributed by atoms with van der Waals surface area (Å²) in [5.74, 6) is 0.213. The van der Waals surface area contributed by atoms with Crippen LogP contribution in [-0.2, 0) is 4.79 Å². The summed E-state index contributed by atoms with van der Waals surface area (Å²) in [6.07, 6.45) is 4.68. The number of thiazole rings is 1. The molecule has 0 bridgehead atoms. The van der Waals surface area contributed by atoms with E-state index in [1.807, 2.05) is 35.7 Å². The standard InChI is InChI=1S/C18H19N3OS2/c19-13-18(9-5-2-6-10-18)21-16(22)12-24-17-20-15(11-23-17)14-7-3-1-4-8-14/h1,3-4,7-8,11H,2,5-6,9-10,12H2,(H,21,22). The Bertz CT molecular complexity index is 730. The molecule has 1 aliphatic carbocycles. The quantitative estimate of drug-likeness (QED) is 0.813. The number of carbonyl (C=O) groups is 1. The van der Waals surface area contributed by atoms with E-state index in [0.717, 1.165) is 47.7 Å².